The number of ether oxygens (including phenoxy) is 1. The van der Waals surface area contributed by atoms with Gasteiger partial charge in [-0.1, -0.05) is 6.07 Å². The number of hydrogen-bond donors (Lipinski definition) is 2. The summed E-state index contributed by atoms with van der Waals surface area (Å²) in [5, 5.41) is 28.3. The molecule has 2 N–H and O–H groups in total. The fourth-order valence-electron chi connectivity index (χ4n) is 2.73. The van der Waals surface area contributed by atoms with Crippen LogP contribution in [0.1, 0.15) is 21.5 Å². The number of phenols is 1. The molecule has 0 spiro atoms. The number of aromatic nitrogens is 1. The van der Waals surface area contributed by atoms with Crippen molar-refractivity contribution < 1.29 is 19.7 Å². The van der Waals surface area contributed by atoms with Crippen molar-refractivity contribution in [2.24, 2.45) is 0 Å². The molecule has 0 aliphatic rings. The molecule has 0 atom stereocenters. The van der Waals surface area contributed by atoms with E-state index in [1.165, 1.54) is 12.1 Å². The number of rotatable bonds is 3. The Kier molecular flexibility index (Phi) is 3.62. The number of pyridine rings is 1. The van der Waals surface area contributed by atoms with Gasteiger partial charge in [-0.3, -0.25) is 0 Å². The number of fused-ring (bicyclic) bond motifs is 1. The molecule has 0 saturated heterocycles. The van der Waals surface area contributed by atoms with Crippen LogP contribution in [0.2, 0.25) is 0 Å². The lowest BCUT2D eigenvalue weighted by Crippen LogP contribution is -1.97. The second kappa shape index (κ2) is 5.63. The van der Waals surface area contributed by atoms with Crippen molar-refractivity contribution in [1.82, 2.24) is 4.40 Å². The predicted octanol–water partition coefficient (Wildman–Crippen LogP) is 3.20. The van der Waals surface area contributed by atoms with Gasteiger partial charge in [-0.05, 0) is 25.1 Å². The third-order valence-electron chi connectivity index (χ3n) is 3.92. The molecule has 1 aromatic carbocycles. The van der Waals surface area contributed by atoms with Crippen LogP contribution in [-0.4, -0.2) is 27.7 Å². The standard InChI is InChI=1S/C18H14N2O4/c1-10-9-20-14(5-12(8-19)15(20)7-17(10)24-2)11-3-4-13(18(22)23)16(21)6-11/h3-7,9,21H,1-2H3,(H,22,23). The first-order valence-electron chi connectivity index (χ1n) is 7.12. The van der Waals surface area contributed by atoms with E-state index in [2.05, 4.69) is 6.07 Å². The average Bonchev–Trinajstić information content (AvgIpc) is 2.91. The molecule has 120 valence electrons. The number of carboxylic acid groups (broad SMARTS) is 1. The van der Waals surface area contributed by atoms with Gasteiger partial charge in [0.25, 0.3) is 0 Å². The van der Waals surface area contributed by atoms with Gasteiger partial charge in [-0.15, -0.1) is 0 Å². The highest BCUT2D eigenvalue weighted by atomic mass is 16.5. The molecule has 6 nitrogen and oxygen atoms in total. The Hall–Kier alpha value is -3.46. The van der Waals surface area contributed by atoms with E-state index in [9.17, 15) is 15.2 Å². The number of carbonyl (C=O) groups is 1. The lowest BCUT2D eigenvalue weighted by atomic mass is 10.1. The molecule has 24 heavy (non-hydrogen) atoms. The molecule has 0 aliphatic carbocycles. The molecule has 0 radical (unpaired) electrons. The van der Waals surface area contributed by atoms with E-state index < -0.39 is 5.97 Å². The van der Waals surface area contributed by atoms with Crippen molar-refractivity contribution in [2.45, 2.75) is 6.92 Å². The second-order valence-corrected chi connectivity index (χ2v) is 5.37. The van der Waals surface area contributed by atoms with Crippen molar-refractivity contribution in [3.8, 4) is 28.8 Å². The Morgan fingerprint density at radius 3 is 2.62 bits per heavy atom. The quantitative estimate of drug-likeness (QED) is 0.772. The van der Waals surface area contributed by atoms with E-state index in [1.54, 1.807) is 25.3 Å². The van der Waals surface area contributed by atoms with Gasteiger partial charge in [0.05, 0.1) is 23.9 Å². The molecule has 2 heterocycles. The van der Waals surface area contributed by atoms with Crippen molar-refractivity contribution in [3.63, 3.8) is 0 Å². The molecule has 2 aromatic heterocycles. The largest absolute Gasteiger partial charge is 0.507 e. The Labute approximate surface area is 137 Å². The maximum absolute atomic E-state index is 11.0. The van der Waals surface area contributed by atoms with E-state index in [1.807, 2.05) is 17.5 Å². The summed E-state index contributed by atoms with van der Waals surface area (Å²) in [4.78, 5) is 11.0. The molecule has 3 rings (SSSR count). The zero-order valence-corrected chi connectivity index (χ0v) is 13.1. The number of benzene rings is 1. The maximum atomic E-state index is 11.0. The highest BCUT2D eigenvalue weighted by Gasteiger charge is 2.16. The van der Waals surface area contributed by atoms with Gasteiger partial charge in [0.2, 0.25) is 0 Å². The highest BCUT2D eigenvalue weighted by Crippen LogP contribution is 2.32. The summed E-state index contributed by atoms with van der Waals surface area (Å²) in [6.45, 7) is 1.89. The second-order valence-electron chi connectivity index (χ2n) is 5.37. The summed E-state index contributed by atoms with van der Waals surface area (Å²) < 4.78 is 7.13. The minimum absolute atomic E-state index is 0.169. The third-order valence-corrected chi connectivity index (χ3v) is 3.92. The van der Waals surface area contributed by atoms with Crippen LogP contribution in [0.3, 0.4) is 0 Å². The topological polar surface area (TPSA) is 95.0 Å². The Morgan fingerprint density at radius 1 is 1.29 bits per heavy atom. The van der Waals surface area contributed by atoms with Gasteiger partial charge >= 0.3 is 5.97 Å². The Balaban J connectivity index is 2.27. The van der Waals surface area contributed by atoms with Crippen molar-refractivity contribution >= 4 is 11.5 Å². The smallest absolute Gasteiger partial charge is 0.339 e. The van der Waals surface area contributed by atoms with E-state index in [0.717, 1.165) is 5.56 Å². The van der Waals surface area contributed by atoms with Crippen LogP contribution in [0.4, 0.5) is 0 Å². The molecular weight excluding hydrogens is 308 g/mol. The van der Waals surface area contributed by atoms with E-state index in [4.69, 9.17) is 9.84 Å². The highest BCUT2D eigenvalue weighted by molar-refractivity contribution is 5.92. The zero-order chi connectivity index (χ0) is 17.4. The first-order chi connectivity index (χ1) is 11.5. The summed E-state index contributed by atoms with van der Waals surface area (Å²) >= 11 is 0. The van der Waals surface area contributed by atoms with Gasteiger partial charge in [0.15, 0.2) is 0 Å². The number of aryl methyl sites for hydroxylation is 1. The van der Waals surface area contributed by atoms with Crippen molar-refractivity contribution in [3.05, 3.63) is 53.2 Å². The molecule has 6 heteroatoms. The lowest BCUT2D eigenvalue weighted by molar-refractivity contribution is 0.0694. The van der Waals surface area contributed by atoms with Gasteiger partial charge in [-0.25, -0.2) is 4.79 Å². The molecule has 0 aliphatic heterocycles. The Morgan fingerprint density at radius 2 is 2.04 bits per heavy atom. The number of methoxy groups -OCH3 is 1. The first kappa shape index (κ1) is 15.4. The summed E-state index contributed by atoms with van der Waals surface area (Å²) in [6, 6.07) is 9.95. The zero-order valence-electron chi connectivity index (χ0n) is 13.1. The summed E-state index contributed by atoms with van der Waals surface area (Å²) in [5.41, 5.74) is 3.15. The van der Waals surface area contributed by atoms with Crippen LogP contribution in [-0.2, 0) is 0 Å². The van der Waals surface area contributed by atoms with Crippen LogP contribution in [0.15, 0.2) is 36.5 Å². The van der Waals surface area contributed by atoms with Gasteiger partial charge in [0.1, 0.15) is 23.1 Å². The first-order valence-corrected chi connectivity index (χ1v) is 7.12. The van der Waals surface area contributed by atoms with Crippen molar-refractivity contribution in [1.29, 1.82) is 5.26 Å². The SMILES string of the molecule is COc1cc2c(C#N)cc(-c3ccc(C(=O)O)c(O)c3)n2cc1C. The number of aromatic hydroxyl groups is 1. The van der Waals surface area contributed by atoms with Crippen LogP contribution < -0.4 is 4.74 Å². The number of nitriles is 1. The van der Waals surface area contributed by atoms with E-state index >= 15 is 0 Å². The lowest BCUT2D eigenvalue weighted by Gasteiger charge is -2.09. The monoisotopic (exact) mass is 322 g/mol. The maximum Gasteiger partial charge on any atom is 0.339 e. The number of aromatic carboxylic acids is 1. The van der Waals surface area contributed by atoms with Gasteiger partial charge in [0, 0.05) is 23.4 Å². The minimum atomic E-state index is -1.20. The van der Waals surface area contributed by atoms with Crippen molar-refractivity contribution in [2.75, 3.05) is 7.11 Å². The van der Waals surface area contributed by atoms with E-state index in [0.29, 0.717) is 28.1 Å². The third kappa shape index (κ3) is 2.32. The van der Waals surface area contributed by atoms with Crippen LogP contribution >= 0.6 is 0 Å². The van der Waals surface area contributed by atoms with Crippen LogP contribution in [0, 0.1) is 18.3 Å². The number of nitrogens with zero attached hydrogens (tertiary/aromatic N) is 2. The summed E-state index contributed by atoms with van der Waals surface area (Å²) in [6.07, 6.45) is 1.84. The number of carboxylic acids is 1. The summed E-state index contributed by atoms with van der Waals surface area (Å²) in [7, 11) is 1.57. The predicted molar refractivity (Wildman–Crippen MR) is 87.5 cm³/mol. The van der Waals surface area contributed by atoms with Gasteiger partial charge in [-0.2, -0.15) is 5.26 Å². The molecule has 0 fully saturated rings. The molecule has 0 saturated carbocycles. The number of hydrogen-bond acceptors (Lipinski definition) is 4. The Bertz CT molecular complexity index is 1010. The molecular formula is C18H14N2O4. The fraction of sp³-hybridized carbons (Fsp3) is 0.111. The summed E-state index contributed by atoms with van der Waals surface area (Å²) in [5.74, 6) is -0.844. The molecule has 3 aromatic rings. The molecule has 0 unspecified atom stereocenters. The van der Waals surface area contributed by atoms with Gasteiger partial charge < -0.3 is 19.4 Å². The average molecular weight is 322 g/mol. The van der Waals surface area contributed by atoms with Crippen LogP contribution in [0.5, 0.6) is 11.5 Å². The fourth-order valence-corrected chi connectivity index (χ4v) is 2.73. The normalized spacial score (nSPS) is 10.5. The van der Waals surface area contributed by atoms with Crippen LogP contribution in [0.25, 0.3) is 16.8 Å². The van der Waals surface area contributed by atoms with E-state index in [-0.39, 0.29) is 11.3 Å². The minimum Gasteiger partial charge on any atom is -0.507 e. The molecule has 0 amide bonds. The molecule has 0 bridgehead atoms.